The lowest BCUT2D eigenvalue weighted by Crippen LogP contribution is -2.16. The van der Waals surface area contributed by atoms with Crippen molar-refractivity contribution in [3.05, 3.63) is 29.8 Å². The molecule has 10 heteroatoms. The number of hydrogen-bond acceptors (Lipinski definition) is 6. The van der Waals surface area contributed by atoms with Gasteiger partial charge in [0.2, 0.25) is 10.0 Å². The fraction of sp³-hybridized carbons (Fsp3) is 0.455. The van der Waals surface area contributed by atoms with Crippen molar-refractivity contribution in [2.45, 2.75) is 6.10 Å². The SMILES string of the molecule is CNCC(O)c1ccc(NS(C)(=O)=O)cc1.CS(=O)(=O)O. The molecule has 0 spiro atoms. The zero-order chi connectivity index (χ0) is 16.7. The Kier molecular flexibility index (Phi) is 7.82. The van der Waals surface area contributed by atoms with Crippen LogP contribution in [0, 0.1) is 0 Å². The Morgan fingerprint density at radius 2 is 1.52 bits per heavy atom. The summed E-state index contributed by atoms with van der Waals surface area (Å²) >= 11 is 0. The Balaban J connectivity index is 0.000000690. The second kappa shape index (κ2) is 8.29. The van der Waals surface area contributed by atoms with E-state index in [1.54, 1.807) is 31.3 Å². The van der Waals surface area contributed by atoms with E-state index in [1.807, 2.05) is 0 Å². The highest BCUT2D eigenvalue weighted by Crippen LogP contribution is 2.16. The standard InChI is InChI=1S/C10H16N2O3S.CH4O3S/c1-11-7-10(13)8-3-5-9(6-4-8)12-16(2,14)15;1-5(2,3)4/h3-6,10-13H,7H2,1-2H3;1H3,(H,2,3,4). The average molecular weight is 340 g/mol. The van der Waals surface area contributed by atoms with Gasteiger partial charge in [-0.3, -0.25) is 9.27 Å². The molecule has 0 saturated heterocycles. The van der Waals surface area contributed by atoms with Crippen LogP contribution in [-0.4, -0.2) is 52.6 Å². The molecule has 0 bridgehead atoms. The molecule has 1 aromatic carbocycles. The zero-order valence-electron chi connectivity index (χ0n) is 11.9. The molecule has 1 aromatic rings. The van der Waals surface area contributed by atoms with Crippen LogP contribution in [0.1, 0.15) is 11.7 Å². The van der Waals surface area contributed by atoms with Gasteiger partial charge in [0.25, 0.3) is 10.1 Å². The van der Waals surface area contributed by atoms with Crippen molar-refractivity contribution in [1.29, 1.82) is 0 Å². The second-order valence-electron chi connectivity index (χ2n) is 4.30. The Morgan fingerprint density at radius 1 is 1.10 bits per heavy atom. The van der Waals surface area contributed by atoms with Crippen LogP contribution in [0.2, 0.25) is 0 Å². The van der Waals surface area contributed by atoms with Crippen LogP contribution in [0.4, 0.5) is 5.69 Å². The van der Waals surface area contributed by atoms with Gasteiger partial charge in [0.15, 0.2) is 0 Å². The van der Waals surface area contributed by atoms with Crippen molar-refractivity contribution in [3.8, 4) is 0 Å². The van der Waals surface area contributed by atoms with Crippen LogP contribution in [0.3, 0.4) is 0 Å². The first-order valence-electron chi connectivity index (χ1n) is 5.75. The first kappa shape index (κ1) is 19.8. The Hall–Kier alpha value is -1.20. The van der Waals surface area contributed by atoms with E-state index < -0.39 is 26.2 Å². The third-order valence-electron chi connectivity index (χ3n) is 2.00. The van der Waals surface area contributed by atoms with Gasteiger partial charge in [-0.25, -0.2) is 8.42 Å². The number of likely N-dealkylation sites (N-methyl/N-ethyl adjacent to an activating group) is 1. The van der Waals surface area contributed by atoms with Gasteiger partial charge in [-0.1, -0.05) is 12.1 Å². The van der Waals surface area contributed by atoms with Crippen LogP contribution in [0.5, 0.6) is 0 Å². The summed E-state index contributed by atoms with van der Waals surface area (Å²) in [7, 11) is -5.16. The normalized spacial score (nSPS) is 13.0. The predicted molar refractivity (Wildman–Crippen MR) is 81.3 cm³/mol. The molecule has 1 atom stereocenters. The van der Waals surface area contributed by atoms with Gasteiger partial charge in [0.1, 0.15) is 0 Å². The third kappa shape index (κ3) is 12.3. The maximum absolute atomic E-state index is 11.0. The Labute approximate surface area is 125 Å². The van der Waals surface area contributed by atoms with Crippen LogP contribution in [0.25, 0.3) is 0 Å². The van der Waals surface area contributed by atoms with E-state index in [-0.39, 0.29) is 0 Å². The molecule has 0 aliphatic carbocycles. The van der Waals surface area contributed by atoms with Gasteiger partial charge in [-0.2, -0.15) is 8.42 Å². The second-order valence-corrected chi connectivity index (χ2v) is 7.52. The maximum Gasteiger partial charge on any atom is 0.261 e. The molecule has 0 aliphatic heterocycles. The molecule has 0 heterocycles. The largest absolute Gasteiger partial charge is 0.387 e. The van der Waals surface area contributed by atoms with E-state index in [0.29, 0.717) is 18.5 Å². The lowest BCUT2D eigenvalue weighted by molar-refractivity contribution is 0.178. The van der Waals surface area contributed by atoms with E-state index in [2.05, 4.69) is 10.0 Å². The average Bonchev–Trinajstić information content (AvgIpc) is 2.25. The number of anilines is 1. The summed E-state index contributed by atoms with van der Waals surface area (Å²) in [5.41, 5.74) is 1.23. The van der Waals surface area contributed by atoms with Crippen molar-refractivity contribution in [2.75, 3.05) is 30.8 Å². The molecular weight excluding hydrogens is 320 g/mol. The van der Waals surface area contributed by atoms with Gasteiger partial charge < -0.3 is 10.4 Å². The van der Waals surface area contributed by atoms with Gasteiger partial charge in [-0.15, -0.1) is 0 Å². The Morgan fingerprint density at radius 3 is 1.86 bits per heavy atom. The minimum Gasteiger partial charge on any atom is -0.387 e. The minimum absolute atomic E-state index is 0.457. The van der Waals surface area contributed by atoms with Crippen molar-refractivity contribution < 1.29 is 26.5 Å². The fourth-order valence-electron chi connectivity index (χ4n) is 1.30. The summed E-state index contributed by atoms with van der Waals surface area (Å²) in [4.78, 5) is 0. The highest BCUT2D eigenvalue weighted by Gasteiger charge is 2.06. The summed E-state index contributed by atoms with van der Waals surface area (Å²) < 4.78 is 50.1. The van der Waals surface area contributed by atoms with Crippen LogP contribution in [0.15, 0.2) is 24.3 Å². The molecule has 0 saturated carbocycles. The molecule has 0 fully saturated rings. The highest BCUT2D eigenvalue weighted by atomic mass is 32.2. The van der Waals surface area contributed by atoms with E-state index in [1.165, 1.54) is 0 Å². The third-order valence-corrected chi connectivity index (χ3v) is 2.60. The molecule has 0 amide bonds. The molecule has 1 rings (SSSR count). The number of hydrogen-bond donors (Lipinski definition) is 4. The monoisotopic (exact) mass is 340 g/mol. The molecule has 0 aliphatic rings. The number of aliphatic hydroxyl groups is 1. The van der Waals surface area contributed by atoms with Gasteiger partial charge in [0, 0.05) is 12.2 Å². The molecule has 1 unspecified atom stereocenters. The lowest BCUT2D eigenvalue weighted by atomic mass is 10.1. The van der Waals surface area contributed by atoms with E-state index in [0.717, 1.165) is 11.8 Å². The van der Waals surface area contributed by atoms with Crippen molar-refractivity contribution in [1.82, 2.24) is 5.32 Å². The molecule has 0 aromatic heterocycles. The summed E-state index contributed by atoms with van der Waals surface area (Å²) in [5.74, 6) is 0. The topological polar surface area (TPSA) is 133 Å². The number of benzene rings is 1. The summed E-state index contributed by atoms with van der Waals surface area (Å²) in [6, 6.07) is 6.62. The van der Waals surface area contributed by atoms with Gasteiger partial charge >= 0.3 is 0 Å². The number of aliphatic hydroxyl groups excluding tert-OH is 1. The highest BCUT2D eigenvalue weighted by molar-refractivity contribution is 7.92. The number of rotatable bonds is 5. The van der Waals surface area contributed by atoms with Gasteiger partial charge in [0.05, 0.1) is 18.6 Å². The lowest BCUT2D eigenvalue weighted by Gasteiger charge is -2.11. The Bertz CT molecular complexity index is 617. The first-order valence-corrected chi connectivity index (χ1v) is 9.49. The maximum atomic E-state index is 11.0. The quantitative estimate of drug-likeness (QED) is 0.546. The molecular formula is C11H20N2O6S2. The zero-order valence-corrected chi connectivity index (χ0v) is 13.6. The number of sulfonamides is 1. The molecule has 0 radical (unpaired) electrons. The predicted octanol–water partition coefficient (Wildman–Crippen LogP) is -0.185. The van der Waals surface area contributed by atoms with Crippen molar-refractivity contribution in [3.63, 3.8) is 0 Å². The fourth-order valence-corrected chi connectivity index (χ4v) is 1.86. The summed E-state index contributed by atoms with van der Waals surface area (Å²) in [5, 5.41) is 12.5. The smallest absolute Gasteiger partial charge is 0.261 e. The number of nitrogens with one attached hydrogen (secondary N) is 2. The summed E-state index contributed by atoms with van der Waals surface area (Å²) in [6.45, 7) is 0.457. The molecule has 122 valence electrons. The van der Waals surface area contributed by atoms with E-state index >= 15 is 0 Å². The van der Waals surface area contributed by atoms with E-state index in [4.69, 9.17) is 4.55 Å². The summed E-state index contributed by atoms with van der Waals surface area (Å²) in [6.07, 6.45) is 1.22. The van der Waals surface area contributed by atoms with E-state index in [9.17, 15) is 21.9 Å². The van der Waals surface area contributed by atoms with Crippen LogP contribution < -0.4 is 10.0 Å². The van der Waals surface area contributed by atoms with Crippen LogP contribution in [-0.2, 0) is 20.1 Å². The van der Waals surface area contributed by atoms with Gasteiger partial charge in [-0.05, 0) is 24.7 Å². The minimum atomic E-state index is -3.67. The molecule has 4 N–H and O–H groups in total. The molecule has 8 nitrogen and oxygen atoms in total. The van der Waals surface area contributed by atoms with Crippen molar-refractivity contribution >= 4 is 25.8 Å². The first-order chi connectivity index (χ1) is 9.42. The van der Waals surface area contributed by atoms with Crippen molar-refractivity contribution in [2.24, 2.45) is 0 Å². The van der Waals surface area contributed by atoms with Crippen LogP contribution >= 0.6 is 0 Å². The molecule has 21 heavy (non-hydrogen) atoms.